The number of rotatable bonds is 5. The molecule has 168 valence electrons. The summed E-state index contributed by atoms with van der Waals surface area (Å²) in [6.45, 7) is 1.75. The summed E-state index contributed by atoms with van der Waals surface area (Å²) in [6.07, 6.45) is 8.02. The van der Waals surface area contributed by atoms with E-state index >= 15 is 0 Å². The van der Waals surface area contributed by atoms with Gasteiger partial charge in [0.2, 0.25) is 0 Å². The van der Waals surface area contributed by atoms with Crippen molar-refractivity contribution in [1.82, 2.24) is 14.5 Å². The minimum absolute atomic E-state index is 0.0334. The third-order valence-corrected chi connectivity index (χ3v) is 6.13. The number of nitrogens with zero attached hydrogens (tertiary/aromatic N) is 3. The van der Waals surface area contributed by atoms with E-state index in [4.69, 9.17) is 15.2 Å². The number of pyridine rings is 2. The predicted octanol–water partition coefficient (Wildman–Crippen LogP) is 0.231. The van der Waals surface area contributed by atoms with Gasteiger partial charge in [-0.25, -0.2) is 9.59 Å². The first-order valence-electron chi connectivity index (χ1n) is 10.0. The van der Waals surface area contributed by atoms with Crippen molar-refractivity contribution >= 4 is 34.9 Å². The van der Waals surface area contributed by atoms with Gasteiger partial charge >= 0.3 is 11.9 Å². The highest BCUT2D eigenvalue weighted by molar-refractivity contribution is 7.07. The number of ether oxygens (including phenoxy) is 2. The van der Waals surface area contributed by atoms with Crippen LogP contribution in [0.25, 0.3) is 11.6 Å². The monoisotopic (exact) mass is 464 g/mol. The van der Waals surface area contributed by atoms with Gasteiger partial charge in [0.05, 0.1) is 35.6 Å². The molecule has 0 spiro atoms. The normalized spacial score (nSPS) is 15.9. The molecule has 33 heavy (non-hydrogen) atoms. The van der Waals surface area contributed by atoms with Crippen LogP contribution in [0.15, 0.2) is 65.1 Å². The Labute approximate surface area is 192 Å². The fourth-order valence-corrected chi connectivity index (χ4v) is 4.80. The molecule has 0 amide bonds. The minimum atomic E-state index is -0.931. The Kier molecular flexibility index (Phi) is 6.18. The first kappa shape index (κ1) is 22.2. The van der Waals surface area contributed by atoms with Crippen molar-refractivity contribution in [3.63, 3.8) is 0 Å². The summed E-state index contributed by atoms with van der Waals surface area (Å²) in [5.74, 6) is -1.49. The van der Waals surface area contributed by atoms with Crippen LogP contribution in [0, 0.1) is 0 Å². The van der Waals surface area contributed by atoms with Crippen molar-refractivity contribution in [2.24, 2.45) is 5.73 Å². The van der Waals surface area contributed by atoms with Crippen LogP contribution in [-0.2, 0) is 19.1 Å². The van der Waals surface area contributed by atoms with Crippen LogP contribution in [0.5, 0.6) is 0 Å². The fourth-order valence-electron chi connectivity index (χ4n) is 3.63. The largest absolute Gasteiger partial charge is 0.466 e. The van der Waals surface area contributed by atoms with E-state index in [-0.39, 0.29) is 28.1 Å². The number of thiazole rings is 1. The Balaban J connectivity index is 2.12. The molecule has 0 fully saturated rings. The summed E-state index contributed by atoms with van der Waals surface area (Å²) in [4.78, 5) is 47.5. The Bertz CT molecular complexity index is 1420. The lowest BCUT2D eigenvalue weighted by atomic mass is 9.93. The van der Waals surface area contributed by atoms with Crippen LogP contribution in [0.3, 0.4) is 0 Å². The van der Waals surface area contributed by atoms with E-state index in [0.717, 1.165) is 11.3 Å². The van der Waals surface area contributed by atoms with Gasteiger partial charge in [-0.1, -0.05) is 12.1 Å². The number of fused-ring (bicyclic) bond motifs is 1. The van der Waals surface area contributed by atoms with Gasteiger partial charge in [0, 0.05) is 24.8 Å². The van der Waals surface area contributed by atoms with E-state index in [2.05, 4.69) is 9.97 Å². The van der Waals surface area contributed by atoms with Crippen molar-refractivity contribution in [2.45, 2.75) is 13.0 Å². The van der Waals surface area contributed by atoms with E-state index in [1.54, 1.807) is 55.9 Å². The zero-order valence-electron chi connectivity index (χ0n) is 17.8. The van der Waals surface area contributed by atoms with Gasteiger partial charge in [-0.15, -0.1) is 11.3 Å². The fraction of sp³-hybridized carbons (Fsp3) is 0.174. The van der Waals surface area contributed by atoms with Crippen LogP contribution < -0.4 is 20.5 Å². The third-order valence-electron chi connectivity index (χ3n) is 5.03. The highest BCUT2D eigenvalue weighted by Crippen LogP contribution is 2.32. The molecule has 0 radical (unpaired) electrons. The van der Waals surface area contributed by atoms with Crippen molar-refractivity contribution in [3.05, 3.63) is 91.0 Å². The Morgan fingerprint density at radius 1 is 1.18 bits per heavy atom. The van der Waals surface area contributed by atoms with E-state index < -0.39 is 23.5 Å². The molecule has 3 aromatic rings. The van der Waals surface area contributed by atoms with Gasteiger partial charge in [0.15, 0.2) is 0 Å². The van der Waals surface area contributed by atoms with Crippen molar-refractivity contribution in [3.8, 4) is 0 Å². The lowest BCUT2D eigenvalue weighted by Gasteiger charge is -2.26. The lowest BCUT2D eigenvalue weighted by molar-refractivity contribution is -0.136. The van der Waals surface area contributed by atoms with Crippen molar-refractivity contribution < 1.29 is 19.1 Å². The maximum atomic E-state index is 13.6. The molecule has 0 saturated carbocycles. The third kappa shape index (κ3) is 3.96. The number of hydrogen-bond acceptors (Lipinski definition) is 9. The maximum absolute atomic E-state index is 13.6. The highest BCUT2D eigenvalue weighted by Gasteiger charge is 2.38. The maximum Gasteiger partial charge on any atom is 0.343 e. The smallest absolute Gasteiger partial charge is 0.343 e. The summed E-state index contributed by atoms with van der Waals surface area (Å²) in [7, 11) is 1.21. The molecule has 1 aliphatic heterocycles. The number of methoxy groups -OCH3 is 1. The Morgan fingerprint density at radius 2 is 1.91 bits per heavy atom. The second kappa shape index (κ2) is 9.21. The molecular formula is C23H20N4O5S. The first-order chi connectivity index (χ1) is 16.0. The van der Waals surface area contributed by atoms with Crippen LogP contribution >= 0.6 is 11.3 Å². The van der Waals surface area contributed by atoms with E-state index in [1.165, 1.54) is 17.9 Å². The summed E-state index contributed by atoms with van der Waals surface area (Å²) < 4.78 is 12.2. The first-order valence-corrected chi connectivity index (χ1v) is 10.8. The molecule has 0 saturated heterocycles. The number of aromatic nitrogens is 3. The molecule has 1 aliphatic rings. The molecule has 4 heterocycles. The molecule has 0 bridgehead atoms. The Morgan fingerprint density at radius 3 is 2.52 bits per heavy atom. The van der Waals surface area contributed by atoms with Crippen molar-refractivity contribution in [2.75, 3.05) is 13.7 Å². The van der Waals surface area contributed by atoms with Gasteiger partial charge in [-0.3, -0.25) is 19.3 Å². The molecule has 1 atom stereocenters. The second-order valence-electron chi connectivity index (χ2n) is 6.98. The number of hydrogen-bond donors (Lipinski definition) is 1. The van der Waals surface area contributed by atoms with Gasteiger partial charge in [-0.2, -0.15) is 0 Å². The average Bonchev–Trinajstić information content (AvgIpc) is 3.14. The second-order valence-corrected chi connectivity index (χ2v) is 8.01. The van der Waals surface area contributed by atoms with Crippen molar-refractivity contribution in [1.29, 1.82) is 0 Å². The van der Waals surface area contributed by atoms with Gasteiger partial charge in [0.1, 0.15) is 10.2 Å². The molecule has 9 nitrogen and oxygen atoms in total. The van der Waals surface area contributed by atoms with E-state index in [9.17, 15) is 14.4 Å². The zero-order chi connectivity index (χ0) is 23.5. The van der Waals surface area contributed by atoms with E-state index in [0.29, 0.717) is 15.7 Å². The number of carbonyl (C=O) groups is 2. The summed E-state index contributed by atoms with van der Waals surface area (Å²) in [6, 6.07) is 6.03. The standard InChI is InChI=1S/C23H20N4O5S/c1-3-32-23(30)17-18(24)16(22(29)31-2)19(14-7-5-9-26-12-14)27-20(28)15(33-21(17)27)10-13-6-4-8-25-11-13/h4-12,19H,3,24H2,1-2H3/b15-10+/t19-/m1/s1. The molecule has 10 heteroatoms. The summed E-state index contributed by atoms with van der Waals surface area (Å²) in [5, 5.41) is 0. The number of esters is 2. The van der Waals surface area contributed by atoms with Crippen LogP contribution in [0.2, 0.25) is 0 Å². The topological polar surface area (TPSA) is 126 Å². The molecule has 0 aliphatic carbocycles. The molecule has 0 unspecified atom stereocenters. The SMILES string of the molecule is CCOC(=O)C1=c2s/c(=C/c3cccnc3)c(=O)n2[C@H](c2cccnc2)C(C(=O)OC)=C1N. The van der Waals surface area contributed by atoms with Gasteiger partial charge in [0.25, 0.3) is 5.56 Å². The van der Waals surface area contributed by atoms with Crippen LogP contribution in [0.1, 0.15) is 24.1 Å². The number of carbonyl (C=O) groups excluding carboxylic acids is 2. The van der Waals surface area contributed by atoms with E-state index in [1.807, 2.05) is 0 Å². The molecule has 0 aromatic carbocycles. The van der Waals surface area contributed by atoms with Crippen LogP contribution in [-0.4, -0.2) is 40.2 Å². The lowest BCUT2D eigenvalue weighted by Crippen LogP contribution is -2.43. The Hall–Kier alpha value is -4.05. The minimum Gasteiger partial charge on any atom is -0.466 e. The zero-order valence-corrected chi connectivity index (χ0v) is 18.7. The highest BCUT2D eigenvalue weighted by atomic mass is 32.1. The molecule has 2 N–H and O–H groups in total. The quantitative estimate of drug-likeness (QED) is 0.532. The van der Waals surface area contributed by atoms with Crippen LogP contribution in [0.4, 0.5) is 0 Å². The van der Waals surface area contributed by atoms with Gasteiger partial charge in [-0.05, 0) is 36.3 Å². The average molecular weight is 465 g/mol. The predicted molar refractivity (Wildman–Crippen MR) is 121 cm³/mol. The summed E-state index contributed by atoms with van der Waals surface area (Å²) in [5.41, 5.74) is 7.05. The van der Waals surface area contributed by atoms with Gasteiger partial charge < -0.3 is 15.2 Å². The molecule has 4 rings (SSSR count). The molecule has 3 aromatic heterocycles. The summed E-state index contributed by atoms with van der Waals surface area (Å²) >= 11 is 1.09. The number of nitrogens with two attached hydrogens (primary N) is 1. The molecular weight excluding hydrogens is 444 g/mol.